The molecule has 0 saturated carbocycles. The zero-order valence-corrected chi connectivity index (χ0v) is 9.64. The quantitative estimate of drug-likeness (QED) is 0.771. The lowest BCUT2D eigenvalue weighted by Crippen LogP contribution is -1.94. The van der Waals surface area contributed by atoms with E-state index in [-0.39, 0.29) is 0 Å². The lowest BCUT2D eigenvalue weighted by atomic mass is 10.0. The van der Waals surface area contributed by atoms with Crippen molar-refractivity contribution in [3.8, 4) is 5.75 Å². The third-order valence-electron chi connectivity index (χ3n) is 2.53. The van der Waals surface area contributed by atoms with Crippen LogP contribution in [0.3, 0.4) is 0 Å². The minimum absolute atomic E-state index is 0.553. The summed E-state index contributed by atoms with van der Waals surface area (Å²) in [4.78, 5) is 0. The van der Waals surface area contributed by atoms with Gasteiger partial charge < -0.3 is 9.15 Å². The fourth-order valence-electron chi connectivity index (χ4n) is 1.49. The number of hydrogen-bond acceptors (Lipinski definition) is 2. The first-order valence-corrected chi connectivity index (χ1v) is 5.49. The highest BCUT2D eigenvalue weighted by Crippen LogP contribution is 2.19. The second-order valence-electron chi connectivity index (χ2n) is 4.14. The van der Waals surface area contributed by atoms with Crippen molar-refractivity contribution in [2.45, 2.75) is 26.4 Å². The Hall–Kier alpha value is -1.70. The van der Waals surface area contributed by atoms with Crippen molar-refractivity contribution in [1.82, 2.24) is 0 Å². The standard InChI is InChI=1S/C14H16O2/c1-11(2)13-3-5-14(6-4-13)16-10-12-7-8-15-9-12/h3-9,11H,10H2,1-2H3. The molecule has 84 valence electrons. The van der Waals surface area contributed by atoms with Crippen LogP contribution in [0.4, 0.5) is 0 Å². The Morgan fingerprint density at radius 2 is 1.88 bits per heavy atom. The maximum atomic E-state index is 5.63. The molecular formula is C14H16O2. The van der Waals surface area contributed by atoms with Crippen LogP contribution in [0.15, 0.2) is 47.3 Å². The summed E-state index contributed by atoms with van der Waals surface area (Å²) in [6.45, 7) is 4.92. The zero-order valence-electron chi connectivity index (χ0n) is 9.64. The minimum Gasteiger partial charge on any atom is -0.489 e. The molecule has 0 atom stereocenters. The average molecular weight is 216 g/mol. The predicted octanol–water partition coefficient (Wildman–Crippen LogP) is 3.98. The van der Waals surface area contributed by atoms with Gasteiger partial charge in [0.1, 0.15) is 12.4 Å². The van der Waals surface area contributed by atoms with Gasteiger partial charge in [-0.3, -0.25) is 0 Å². The van der Waals surface area contributed by atoms with E-state index in [0.29, 0.717) is 12.5 Å². The van der Waals surface area contributed by atoms with E-state index in [2.05, 4.69) is 26.0 Å². The van der Waals surface area contributed by atoms with Crippen LogP contribution in [0.2, 0.25) is 0 Å². The van der Waals surface area contributed by atoms with E-state index in [1.165, 1.54) is 5.56 Å². The lowest BCUT2D eigenvalue weighted by molar-refractivity contribution is 0.304. The van der Waals surface area contributed by atoms with Crippen LogP contribution in [-0.2, 0) is 6.61 Å². The maximum absolute atomic E-state index is 5.63. The Bertz CT molecular complexity index is 413. The van der Waals surface area contributed by atoms with Crippen LogP contribution in [-0.4, -0.2) is 0 Å². The minimum atomic E-state index is 0.553. The maximum Gasteiger partial charge on any atom is 0.119 e. The fourth-order valence-corrected chi connectivity index (χ4v) is 1.49. The third kappa shape index (κ3) is 2.66. The molecule has 0 aliphatic heterocycles. The highest BCUT2D eigenvalue weighted by molar-refractivity contribution is 5.29. The van der Waals surface area contributed by atoms with E-state index in [9.17, 15) is 0 Å². The van der Waals surface area contributed by atoms with Gasteiger partial charge in [-0.15, -0.1) is 0 Å². The van der Waals surface area contributed by atoms with Crippen LogP contribution >= 0.6 is 0 Å². The lowest BCUT2D eigenvalue weighted by Gasteiger charge is -2.07. The summed E-state index contributed by atoms with van der Waals surface area (Å²) in [7, 11) is 0. The Morgan fingerprint density at radius 3 is 2.44 bits per heavy atom. The topological polar surface area (TPSA) is 22.4 Å². The number of rotatable bonds is 4. The largest absolute Gasteiger partial charge is 0.489 e. The molecule has 2 aromatic rings. The van der Waals surface area contributed by atoms with Crippen molar-refractivity contribution in [2.24, 2.45) is 0 Å². The first kappa shape index (κ1) is 10.8. The molecule has 0 aliphatic carbocycles. The summed E-state index contributed by atoms with van der Waals surface area (Å²) >= 11 is 0. The Labute approximate surface area is 95.9 Å². The van der Waals surface area contributed by atoms with E-state index in [4.69, 9.17) is 9.15 Å². The van der Waals surface area contributed by atoms with Gasteiger partial charge in [0.05, 0.1) is 12.5 Å². The van der Waals surface area contributed by atoms with Gasteiger partial charge in [-0.05, 0) is 29.7 Å². The van der Waals surface area contributed by atoms with Crippen molar-refractivity contribution in [3.63, 3.8) is 0 Å². The van der Waals surface area contributed by atoms with Gasteiger partial charge in [0, 0.05) is 5.56 Å². The highest BCUT2D eigenvalue weighted by Gasteiger charge is 2.00. The van der Waals surface area contributed by atoms with Crippen LogP contribution in [0, 0.1) is 0 Å². The molecule has 0 bridgehead atoms. The van der Waals surface area contributed by atoms with Crippen LogP contribution in [0.1, 0.15) is 30.9 Å². The van der Waals surface area contributed by atoms with E-state index in [0.717, 1.165) is 11.3 Å². The van der Waals surface area contributed by atoms with E-state index < -0.39 is 0 Å². The van der Waals surface area contributed by atoms with Crippen molar-refractivity contribution in [2.75, 3.05) is 0 Å². The SMILES string of the molecule is CC(C)c1ccc(OCc2ccoc2)cc1. The van der Waals surface area contributed by atoms with Crippen LogP contribution in [0.5, 0.6) is 5.75 Å². The first-order valence-electron chi connectivity index (χ1n) is 5.49. The summed E-state index contributed by atoms with van der Waals surface area (Å²) in [5.41, 5.74) is 2.38. The molecule has 0 saturated heterocycles. The zero-order chi connectivity index (χ0) is 11.4. The molecule has 0 spiro atoms. The van der Waals surface area contributed by atoms with Crippen molar-refractivity contribution >= 4 is 0 Å². The molecule has 2 rings (SSSR count). The van der Waals surface area contributed by atoms with Crippen LogP contribution < -0.4 is 4.74 Å². The van der Waals surface area contributed by atoms with Crippen molar-refractivity contribution in [1.29, 1.82) is 0 Å². The molecule has 0 radical (unpaired) electrons. The predicted molar refractivity (Wildman–Crippen MR) is 63.6 cm³/mol. The molecule has 2 heteroatoms. The van der Waals surface area contributed by atoms with Crippen molar-refractivity contribution < 1.29 is 9.15 Å². The number of benzene rings is 1. The van der Waals surface area contributed by atoms with Gasteiger partial charge >= 0.3 is 0 Å². The molecule has 1 aromatic carbocycles. The molecule has 0 unspecified atom stereocenters. The second-order valence-corrected chi connectivity index (χ2v) is 4.14. The Balaban J connectivity index is 1.95. The van der Waals surface area contributed by atoms with Gasteiger partial charge in [0.25, 0.3) is 0 Å². The molecule has 0 amide bonds. The van der Waals surface area contributed by atoms with Gasteiger partial charge in [0.2, 0.25) is 0 Å². The molecule has 0 N–H and O–H groups in total. The molecule has 0 aliphatic rings. The summed E-state index contributed by atoms with van der Waals surface area (Å²) in [6.07, 6.45) is 3.35. The third-order valence-corrected chi connectivity index (χ3v) is 2.53. The van der Waals surface area contributed by atoms with Gasteiger partial charge in [-0.1, -0.05) is 26.0 Å². The number of ether oxygens (including phenoxy) is 1. The summed E-state index contributed by atoms with van der Waals surface area (Å²) in [5, 5.41) is 0. The van der Waals surface area contributed by atoms with Crippen molar-refractivity contribution in [3.05, 3.63) is 54.0 Å². The number of hydrogen-bond donors (Lipinski definition) is 0. The van der Waals surface area contributed by atoms with E-state index >= 15 is 0 Å². The van der Waals surface area contributed by atoms with Gasteiger partial charge in [0.15, 0.2) is 0 Å². The molecule has 16 heavy (non-hydrogen) atoms. The normalized spacial score (nSPS) is 10.7. The smallest absolute Gasteiger partial charge is 0.119 e. The molecule has 2 nitrogen and oxygen atoms in total. The molecule has 1 heterocycles. The molecule has 1 aromatic heterocycles. The highest BCUT2D eigenvalue weighted by atomic mass is 16.5. The second kappa shape index (κ2) is 4.88. The van der Waals surface area contributed by atoms with Gasteiger partial charge in [-0.25, -0.2) is 0 Å². The molecular weight excluding hydrogens is 200 g/mol. The summed E-state index contributed by atoms with van der Waals surface area (Å²) in [6, 6.07) is 10.1. The average Bonchev–Trinajstić information content (AvgIpc) is 2.80. The van der Waals surface area contributed by atoms with Crippen LogP contribution in [0.25, 0.3) is 0 Å². The van der Waals surface area contributed by atoms with Gasteiger partial charge in [-0.2, -0.15) is 0 Å². The Morgan fingerprint density at radius 1 is 1.12 bits per heavy atom. The number of furan rings is 1. The molecule has 0 fully saturated rings. The van der Waals surface area contributed by atoms with E-state index in [1.54, 1.807) is 12.5 Å². The summed E-state index contributed by atoms with van der Waals surface area (Å²) < 4.78 is 10.6. The summed E-state index contributed by atoms with van der Waals surface area (Å²) in [5.74, 6) is 1.45. The monoisotopic (exact) mass is 216 g/mol. The first-order chi connectivity index (χ1) is 7.75. The fraction of sp³-hybridized carbons (Fsp3) is 0.286. The Kier molecular flexibility index (Phi) is 3.30. The van der Waals surface area contributed by atoms with E-state index in [1.807, 2.05) is 18.2 Å².